The fourth-order valence-corrected chi connectivity index (χ4v) is 3.24. The molecule has 0 radical (unpaired) electrons. The smallest absolute Gasteiger partial charge is 0.270 e. The molecule has 1 N–H and O–H groups in total. The first-order chi connectivity index (χ1) is 14.3. The lowest BCUT2D eigenvalue weighted by Crippen LogP contribution is -2.23. The van der Waals surface area contributed by atoms with Gasteiger partial charge in [-0.1, -0.05) is 18.2 Å². The summed E-state index contributed by atoms with van der Waals surface area (Å²) in [5.41, 5.74) is 3.54. The first kappa shape index (κ1) is 17.1. The number of carbonyl (C=O) groups excluding carboxylic acids is 1. The third-order valence-electron chi connectivity index (χ3n) is 4.72. The lowest BCUT2D eigenvalue weighted by Gasteiger charge is -2.07. The van der Waals surface area contributed by atoms with Crippen molar-refractivity contribution in [1.29, 1.82) is 0 Å². The van der Waals surface area contributed by atoms with Crippen molar-refractivity contribution in [3.05, 3.63) is 90.6 Å². The van der Waals surface area contributed by atoms with Crippen molar-refractivity contribution in [2.45, 2.75) is 6.54 Å². The van der Waals surface area contributed by atoms with E-state index >= 15 is 0 Å². The van der Waals surface area contributed by atoms with Gasteiger partial charge in [0.15, 0.2) is 0 Å². The Kier molecular flexibility index (Phi) is 4.22. The van der Waals surface area contributed by atoms with E-state index in [-0.39, 0.29) is 5.91 Å². The zero-order chi connectivity index (χ0) is 19.6. The maximum atomic E-state index is 12.6. The van der Waals surface area contributed by atoms with E-state index in [0.29, 0.717) is 23.5 Å². The van der Waals surface area contributed by atoms with Crippen molar-refractivity contribution < 1.29 is 9.21 Å². The molecule has 0 aliphatic heterocycles. The second-order valence-corrected chi connectivity index (χ2v) is 6.64. The van der Waals surface area contributed by atoms with Gasteiger partial charge >= 0.3 is 0 Å². The Hall–Kier alpha value is -4.06. The Bertz CT molecular complexity index is 1300. The topological polar surface area (TPSA) is 80.9 Å². The van der Waals surface area contributed by atoms with Crippen LogP contribution in [0.1, 0.15) is 16.1 Å². The van der Waals surface area contributed by atoms with Crippen molar-refractivity contribution in [2.24, 2.45) is 0 Å². The van der Waals surface area contributed by atoms with E-state index in [2.05, 4.69) is 20.3 Å². The number of benzene rings is 1. The van der Waals surface area contributed by atoms with E-state index in [0.717, 1.165) is 27.5 Å². The average molecular weight is 380 g/mol. The molecular weight excluding hydrogens is 364 g/mol. The monoisotopic (exact) mass is 380 g/mol. The van der Waals surface area contributed by atoms with Crippen molar-refractivity contribution in [1.82, 2.24) is 20.3 Å². The molecule has 0 saturated heterocycles. The molecule has 0 bridgehead atoms. The van der Waals surface area contributed by atoms with E-state index in [1.54, 1.807) is 30.9 Å². The van der Waals surface area contributed by atoms with Gasteiger partial charge in [0.05, 0.1) is 11.1 Å². The molecule has 0 spiro atoms. The number of furan rings is 1. The number of nitrogens with one attached hydrogen (secondary N) is 1. The van der Waals surface area contributed by atoms with Gasteiger partial charge in [-0.05, 0) is 42.0 Å². The Morgan fingerprint density at radius 2 is 1.79 bits per heavy atom. The van der Waals surface area contributed by atoms with Crippen molar-refractivity contribution >= 4 is 27.8 Å². The van der Waals surface area contributed by atoms with Crippen LogP contribution in [-0.2, 0) is 6.54 Å². The molecule has 5 rings (SSSR count). The van der Waals surface area contributed by atoms with Gasteiger partial charge in [-0.15, -0.1) is 0 Å². The zero-order valence-corrected chi connectivity index (χ0v) is 15.4. The first-order valence-electron chi connectivity index (χ1n) is 9.19. The minimum atomic E-state index is -0.240. The summed E-state index contributed by atoms with van der Waals surface area (Å²) in [7, 11) is 0. The second-order valence-electron chi connectivity index (χ2n) is 6.64. The van der Waals surface area contributed by atoms with Crippen LogP contribution in [0.15, 0.2) is 83.8 Å². The molecule has 0 aliphatic carbocycles. The maximum Gasteiger partial charge on any atom is 0.270 e. The molecule has 0 atom stereocenters. The second kappa shape index (κ2) is 7.16. The Balaban J connectivity index is 1.50. The van der Waals surface area contributed by atoms with Crippen LogP contribution in [0.3, 0.4) is 0 Å². The molecule has 1 aromatic carbocycles. The number of hydrogen-bond acceptors (Lipinski definition) is 5. The number of fused-ring (bicyclic) bond motifs is 2. The quantitative estimate of drug-likeness (QED) is 0.501. The molecule has 0 unspecified atom stereocenters. The normalized spacial score (nSPS) is 11.0. The minimum Gasteiger partial charge on any atom is -0.456 e. The number of carbonyl (C=O) groups is 1. The van der Waals surface area contributed by atoms with Gasteiger partial charge < -0.3 is 9.73 Å². The molecule has 0 aliphatic rings. The summed E-state index contributed by atoms with van der Waals surface area (Å²) in [6.45, 7) is 0.411. The minimum absolute atomic E-state index is 0.240. The number of para-hydroxylation sites is 1. The predicted molar refractivity (Wildman–Crippen MR) is 110 cm³/mol. The third kappa shape index (κ3) is 3.32. The predicted octanol–water partition coefficient (Wildman–Crippen LogP) is 4.37. The lowest BCUT2D eigenvalue weighted by atomic mass is 10.1. The van der Waals surface area contributed by atoms with Gasteiger partial charge in [-0.25, -0.2) is 4.98 Å². The van der Waals surface area contributed by atoms with Crippen LogP contribution in [0.2, 0.25) is 0 Å². The molecule has 6 nitrogen and oxygen atoms in total. The Morgan fingerprint density at radius 3 is 2.66 bits per heavy atom. The summed E-state index contributed by atoms with van der Waals surface area (Å²) in [4.78, 5) is 25.5. The van der Waals surface area contributed by atoms with Gasteiger partial charge in [-0.3, -0.25) is 14.8 Å². The van der Waals surface area contributed by atoms with Crippen LogP contribution < -0.4 is 5.32 Å². The van der Waals surface area contributed by atoms with Crippen molar-refractivity contribution in [2.75, 3.05) is 0 Å². The van der Waals surface area contributed by atoms with E-state index in [9.17, 15) is 4.79 Å². The molecule has 4 heterocycles. The van der Waals surface area contributed by atoms with E-state index in [1.807, 2.05) is 48.5 Å². The summed E-state index contributed by atoms with van der Waals surface area (Å²) in [6, 6.07) is 17.0. The van der Waals surface area contributed by atoms with Crippen molar-refractivity contribution in [3.8, 4) is 11.3 Å². The van der Waals surface area contributed by atoms with Gasteiger partial charge in [0, 0.05) is 42.1 Å². The number of rotatable bonds is 4. The molecule has 29 heavy (non-hydrogen) atoms. The summed E-state index contributed by atoms with van der Waals surface area (Å²) in [5.74, 6) is 0.433. The molecule has 1 amide bonds. The van der Waals surface area contributed by atoms with Gasteiger partial charge in [0.25, 0.3) is 5.91 Å². The van der Waals surface area contributed by atoms with E-state index in [4.69, 9.17) is 4.42 Å². The maximum absolute atomic E-state index is 12.6. The summed E-state index contributed by atoms with van der Waals surface area (Å²) in [6.07, 6.45) is 6.84. The highest BCUT2D eigenvalue weighted by Crippen LogP contribution is 2.31. The molecule has 0 saturated carbocycles. The summed E-state index contributed by atoms with van der Waals surface area (Å²) < 4.78 is 5.98. The third-order valence-corrected chi connectivity index (χ3v) is 4.72. The highest BCUT2D eigenvalue weighted by atomic mass is 16.3. The molecule has 4 aromatic heterocycles. The molecule has 6 heteroatoms. The Labute approximate surface area is 166 Å². The number of hydrogen-bond donors (Lipinski definition) is 1. The van der Waals surface area contributed by atoms with Crippen LogP contribution in [0.5, 0.6) is 0 Å². The van der Waals surface area contributed by atoms with Crippen LogP contribution in [0, 0.1) is 0 Å². The fourth-order valence-electron chi connectivity index (χ4n) is 3.24. The molecule has 140 valence electrons. The number of pyridine rings is 3. The summed E-state index contributed by atoms with van der Waals surface area (Å²) >= 11 is 0. The molecule has 0 fully saturated rings. The largest absolute Gasteiger partial charge is 0.456 e. The SMILES string of the molecule is O=C(NCc1ccncc1)c1ccc2cncc(-c3cc4ccccc4o3)c2n1. The number of nitrogens with zero attached hydrogens (tertiary/aromatic N) is 3. The highest BCUT2D eigenvalue weighted by molar-refractivity contribution is 5.98. The number of aromatic nitrogens is 3. The lowest BCUT2D eigenvalue weighted by molar-refractivity contribution is 0.0946. The number of amides is 1. The Morgan fingerprint density at radius 1 is 0.931 bits per heavy atom. The van der Waals surface area contributed by atoms with E-state index in [1.165, 1.54) is 0 Å². The van der Waals surface area contributed by atoms with Gasteiger partial charge in [0.1, 0.15) is 17.0 Å². The molecular formula is C23H16N4O2. The van der Waals surface area contributed by atoms with Gasteiger partial charge in [-0.2, -0.15) is 0 Å². The van der Waals surface area contributed by atoms with Crippen LogP contribution in [0.25, 0.3) is 33.2 Å². The van der Waals surface area contributed by atoms with Gasteiger partial charge in [0.2, 0.25) is 0 Å². The summed E-state index contributed by atoms with van der Waals surface area (Å²) in [5, 5.41) is 4.74. The fraction of sp³-hybridized carbons (Fsp3) is 0.0435. The zero-order valence-electron chi connectivity index (χ0n) is 15.4. The first-order valence-corrected chi connectivity index (χ1v) is 9.19. The standard InChI is InChI=1S/C23H16N4O2/c28-23(26-12-15-7-9-24-10-8-15)19-6-5-17-13-25-14-18(22(17)27-19)21-11-16-3-1-2-4-20(16)29-21/h1-11,13-14H,12H2,(H,26,28). The van der Waals surface area contributed by atoms with E-state index < -0.39 is 0 Å². The average Bonchev–Trinajstić information content (AvgIpc) is 3.21. The van der Waals surface area contributed by atoms with Crippen LogP contribution in [-0.4, -0.2) is 20.9 Å². The van der Waals surface area contributed by atoms with Crippen LogP contribution in [0.4, 0.5) is 0 Å². The highest BCUT2D eigenvalue weighted by Gasteiger charge is 2.14. The van der Waals surface area contributed by atoms with Crippen LogP contribution >= 0.6 is 0 Å². The van der Waals surface area contributed by atoms with Crippen molar-refractivity contribution in [3.63, 3.8) is 0 Å². The molecule has 5 aromatic rings.